The molecule has 2 aromatic rings. The number of hydrogen-bond donors (Lipinski definition) is 1. The number of methoxy groups -OCH3 is 1. The predicted octanol–water partition coefficient (Wildman–Crippen LogP) is 2.32. The number of nitrogens with zero attached hydrogens (tertiary/aromatic N) is 2. The van der Waals surface area contributed by atoms with Crippen LogP contribution >= 0.6 is 0 Å². The van der Waals surface area contributed by atoms with Crippen LogP contribution in [0.3, 0.4) is 0 Å². The summed E-state index contributed by atoms with van der Waals surface area (Å²) in [5.41, 5.74) is 0.962. The zero-order valence-corrected chi connectivity index (χ0v) is 10.2. The first-order valence-corrected chi connectivity index (χ1v) is 5.74. The molecule has 0 spiro atoms. The molecule has 4 nitrogen and oxygen atoms in total. The normalized spacial score (nSPS) is 12.6. The number of benzene rings is 1. The van der Waals surface area contributed by atoms with Gasteiger partial charge in [0, 0.05) is 25.2 Å². The van der Waals surface area contributed by atoms with Crippen LogP contribution in [0.2, 0.25) is 0 Å². The third-order valence-electron chi connectivity index (χ3n) is 2.55. The SMILES string of the molecule is COCC(C)CNc1ncc2ccccc2n1. The number of fused-ring (bicyclic) bond motifs is 1. The van der Waals surface area contributed by atoms with Gasteiger partial charge in [-0.2, -0.15) is 0 Å². The third-order valence-corrected chi connectivity index (χ3v) is 2.55. The Labute approximate surface area is 101 Å². The molecule has 0 saturated carbocycles. The lowest BCUT2D eigenvalue weighted by molar-refractivity contribution is 0.164. The van der Waals surface area contributed by atoms with E-state index in [0.717, 1.165) is 24.1 Å². The zero-order chi connectivity index (χ0) is 12.1. The van der Waals surface area contributed by atoms with Gasteiger partial charge in [0.25, 0.3) is 0 Å². The first kappa shape index (κ1) is 11.8. The van der Waals surface area contributed by atoms with Crippen LogP contribution in [-0.2, 0) is 4.74 Å². The average molecular weight is 231 g/mol. The Morgan fingerprint density at radius 3 is 3.00 bits per heavy atom. The first-order chi connectivity index (χ1) is 8.29. The maximum absolute atomic E-state index is 5.08. The van der Waals surface area contributed by atoms with E-state index < -0.39 is 0 Å². The van der Waals surface area contributed by atoms with E-state index in [9.17, 15) is 0 Å². The van der Waals surface area contributed by atoms with Crippen molar-refractivity contribution in [2.45, 2.75) is 6.92 Å². The van der Waals surface area contributed by atoms with E-state index in [4.69, 9.17) is 4.74 Å². The lowest BCUT2D eigenvalue weighted by Crippen LogP contribution is -2.17. The van der Waals surface area contributed by atoms with Gasteiger partial charge < -0.3 is 10.1 Å². The standard InChI is InChI=1S/C13H17N3O/c1-10(9-17-2)7-14-13-15-8-11-5-3-4-6-12(11)16-13/h3-6,8,10H,7,9H2,1-2H3,(H,14,15,16). The van der Waals surface area contributed by atoms with Gasteiger partial charge in [0.05, 0.1) is 12.1 Å². The van der Waals surface area contributed by atoms with Crippen LogP contribution in [0.25, 0.3) is 10.9 Å². The van der Waals surface area contributed by atoms with E-state index in [0.29, 0.717) is 11.9 Å². The Morgan fingerprint density at radius 1 is 1.35 bits per heavy atom. The Bertz CT molecular complexity index is 487. The molecule has 0 aliphatic rings. The van der Waals surface area contributed by atoms with Gasteiger partial charge in [0.2, 0.25) is 5.95 Å². The fraction of sp³-hybridized carbons (Fsp3) is 0.385. The molecular formula is C13H17N3O. The topological polar surface area (TPSA) is 47.0 Å². The Balaban J connectivity index is 2.04. The number of nitrogens with one attached hydrogen (secondary N) is 1. The number of aromatic nitrogens is 2. The summed E-state index contributed by atoms with van der Waals surface area (Å²) in [5, 5.41) is 4.28. The van der Waals surface area contributed by atoms with Gasteiger partial charge in [-0.1, -0.05) is 25.1 Å². The summed E-state index contributed by atoms with van der Waals surface area (Å²) >= 11 is 0. The average Bonchev–Trinajstić information content (AvgIpc) is 2.36. The maximum Gasteiger partial charge on any atom is 0.223 e. The highest BCUT2D eigenvalue weighted by molar-refractivity contribution is 5.78. The smallest absolute Gasteiger partial charge is 0.223 e. The lowest BCUT2D eigenvalue weighted by Gasteiger charge is -2.11. The monoisotopic (exact) mass is 231 g/mol. The Hall–Kier alpha value is -1.68. The second-order valence-electron chi connectivity index (χ2n) is 4.19. The van der Waals surface area contributed by atoms with Crippen LogP contribution in [0.1, 0.15) is 6.92 Å². The molecular weight excluding hydrogens is 214 g/mol. The van der Waals surface area contributed by atoms with Crippen molar-refractivity contribution in [2.24, 2.45) is 5.92 Å². The second kappa shape index (κ2) is 5.59. The molecule has 0 amide bonds. The van der Waals surface area contributed by atoms with Gasteiger partial charge in [0.15, 0.2) is 0 Å². The van der Waals surface area contributed by atoms with Crippen LogP contribution in [-0.4, -0.2) is 30.2 Å². The number of ether oxygens (including phenoxy) is 1. The second-order valence-corrected chi connectivity index (χ2v) is 4.19. The first-order valence-electron chi connectivity index (χ1n) is 5.74. The van der Waals surface area contributed by atoms with Crippen molar-refractivity contribution in [2.75, 3.05) is 25.6 Å². The van der Waals surface area contributed by atoms with E-state index in [1.54, 1.807) is 7.11 Å². The van der Waals surface area contributed by atoms with Crippen molar-refractivity contribution in [1.29, 1.82) is 0 Å². The Morgan fingerprint density at radius 2 is 2.18 bits per heavy atom. The summed E-state index contributed by atoms with van der Waals surface area (Å²) in [5.74, 6) is 1.11. The molecule has 0 aliphatic heterocycles. The van der Waals surface area contributed by atoms with E-state index in [-0.39, 0.29) is 0 Å². The molecule has 0 radical (unpaired) electrons. The molecule has 0 aliphatic carbocycles. The van der Waals surface area contributed by atoms with Gasteiger partial charge in [-0.05, 0) is 12.0 Å². The molecule has 1 atom stereocenters. The number of para-hydroxylation sites is 1. The molecule has 0 saturated heterocycles. The summed E-state index contributed by atoms with van der Waals surface area (Å²) < 4.78 is 5.08. The molecule has 17 heavy (non-hydrogen) atoms. The van der Waals surface area contributed by atoms with E-state index in [2.05, 4.69) is 22.2 Å². The highest BCUT2D eigenvalue weighted by atomic mass is 16.5. The molecule has 1 N–H and O–H groups in total. The number of hydrogen-bond acceptors (Lipinski definition) is 4. The van der Waals surface area contributed by atoms with E-state index in [1.807, 2.05) is 30.5 Å². The summed E-state index contributed by atoms with van der Waals surface area (Å²) in [6, 6.07) is 7.96. The molecule has 1 aromatic heterocycles. The molecule has 0 bridgehead atoms. The van der Waals surface area contributed by atoms with Crippen LogP contribution in [0.5, 0.6) is 0 Å². The number of anilines is 1. The van der Waals surface area contributed by atoms with Gasteiger partial charge in [-0.25, -0.2) is 9.97 Å². The van der Waals surface area contributed by atoms with Gasteiger partial charge in [-0.15, -0.1) is 0 Å². The molecule has 90 valence electrons. The van der Waals surface area contributed by atoms with Gasteiger partial charge in [0.1, 0.15) is 0 Å². The van der Waals surface area contributed by atoms with E-state index in [1.165, 1.54) is 0 Å². The van der Waals surface area contributed by atoms with Crippen molar-refractivity contribution in [1.82, 2.24) is 9.97 Å². The van der Waals surface area contributed by atoms with Crippen LogP contribution in [0.15, 0.2) is 30.5 Å². The highest BCUT2D eigenvalue weighted by Gasteiger charge is 2.03. The third kappa shape index (κ3) is 3.14. The van der Waals surface area contributed by atoms with Crippen molar-refractivity contribution >= 4 is 16.9 Å². The van der Waals surface area contributed by atoms with Crippen molar-refractivity contribution in [3.8, 4) is 0 Å². The van der Waals surface area contributed by atoms with Crippen molar-refractivity contribution in [3.63, 3.8) is 0 Å². The van der Waals surface area contributed by atoms with Gasteiger partial charge in [-0.3, -0.25) is 0 Å². The van der Waals surface area contributed by atoms with Crippen LogP contribution in [0.4, 0.5) is 5.95 Å². The quantitative estimate of drug-likeness (QED) is 0.858. The largest absolute Gasteiger partial charge is 0.384 e. The minimum absolute atomic E-state index is 0.440. The maximum atomic E-state index is 5.08. The molecule has 4 heteroatoms. The molecule has 0 fully saturated rings. The van der Waals surface area contributed by atoms with Crippen LogP contribution < -0.4 is 5.32 Å². The summed E-state index contributed by atoms with van der Waals surface area (Å²) in [6.45, 7) is 3.67. The summed E-state index contributed by atoms with van der Waals surface area (Å²) in [7, 11) is 1.71. The Kier molecular flexibility index (Phi) is 3.88. The minimum atomic E-state index is 0.440. The van der Waals surface area contributed by atoms with Gasteiger partial charge >= 0.3 is 0 Å². The van der Waals surface area contributed by atoms with Crippen molar-refractivity contribution in [3.05, 3.63) is 30.5 Å². The zero-order valence-electron chi connectivity index (χ0n) is 10.2. The summed E-state index contributed by atoms with van der Waals surface area (Å²) in [4.78, 5) is 8.72. The minimum Gasteiger partial charge on any atom is -0.384 e. The molecule has 1 heterocycles. The molecule has 2 rings (SSSR count). The molecule has 1 unspecified atom stereocenters. The van der Waals surface area contributed by atoms with E-state index >= 15 is 0 Å². The van der Waals surface area contributed by atoms with Crippen LogP contribution in [0, 0.1) is 5.92 Å². The van der Waals surface area contributed by atoms with Crippen molar-refractivity contribution < 1.29 is 4.74 Å². The number of rotatable bonds is 5. The summed E-state index contributed by atoms with van der Waals surface area (Å²) in [6.07, 6.45) is 1.84. The highest BCUT2D eigenvalue weighted by Crippen LogP contribution is 2.11. The lowest BCUT2D eigenvalue weighted by atomic mass is 10.2. The predicted molar refractivity (Wildman–Crippen MR) is 69.1 cm³/mol. The fourth-order valence-electron chi connectivity index (χ4n) is 1.67. The molecule has 1 aromatic carbocycles. The fourth-order valence-corrected chi connectivity index (χ4v) is 1.67.